The van der Waals surface area contributed by atoms with Crippen LogP contribution in [0.1, 0.15) is 12.7 Å². The van der Waals surface area contributed by atoms with Crippen LogP contribution in [0.2, 0.25) is 0 Å². The summed E-state index contributed by atoms with van der Waals surface area (Å²) in [6.07, 6.45) is 7.63. The fourth-order valence-corrected chi connectivity index (χ4v) is 6.69. The Morgan fingerprint density at radius 1 is 0.434 bits per heavy atom. The Morgan fingerprint density at radius 3 is 1.62 bits per heavy atom. The summed E-state index contributed by atoms with van der Waals surface area (Å²) in [5.41, 5.74) is 11.9. The van der Waals surface area contributed by atoms with E-state index in [2.05, 4.69) is 164 Å². The van der Waals surface area contributed by atoms with Crippen LogP contribution in [0.5, 0.6) is 0 Å². The third-order valence-corrected chi connectivity index (χ3v) is 9.41. The zero-order valence-electron chi connectivity index (χ0n) is 29.5. The highest BCUT2D eigenvalue weighted by Crippen LogP contribution is 2.35. The lowest BCUT2D eigenvalue weighted by Crippen LogP contribution is -2.02. The Labute approximate surface area is 311 Å². The van der Waals surface area contributed by atoms with Crippen molar-refractivity contribution in [3.05, 3.63) is 207 Å². The van der Waals surface area contributed by atoms with Crippen molar-refractivity contribution in [2.45, 2.75) is 6.92 Å². The van der Waals surface area contributed by atoms with Gasteiger partial charge in [0.1, 0.15) is 0 Å². The molecule has 0 atom stereocenters. The van der Waals surface area contributed by atoms with Crippen LogP contribution in [0, 0.1) is 0 Å². The molecule has 8 aromatic rings. The number of nitrogens with zero attached hydrogens (tertiary/aromatic N) is 3. The van der Waals surface area contributed by atoms with E-state index in [4.69, 9.17) is 15.0 Å². The number of rotatable bonds is 9. The Morgan fingerprint density at radius 2 is 0.962 bits per heavy atom. The van der Waals surface area contributed by atoms with Gasteiger partial charge in [0.15, 0.2) is 17.5 Å². The molecule has 0 saturated carbocycles. The molecule has 8 rings (SSSR count). The lowest BCUT2D eigenvalue weighted by Gasteiger charge is -2.13. The minimum atomic E-state index is 0.616. The highest BCUT2D eigenvalue weighted by atomic mass is 15.0. The molecule has 0 aliphatic rings. The minimum absolute atomic E-state index is 0.616. The summed E-state index contributed by atoms with van der Waals surface area (Å²) in [5, 5.41) is 2.42. The molecular formula is C50H37N3. The zero-order valence-corrected chi connectivity index (χ0v) is 29.5. The highest BCUT2D eigenvalue weighted by molar-refractivity contribution is 5.98. The van der Waals surface area contributed by atoms with Gasteiger partial charge in [-0.2, -0.15) is 0 Å². The van der Waals surface area contributed by atoms with E-state index in [1.165, 1.54) is 21.9 Å². The molecule has 1 heterocycles. The van der Waals surface area contributed by atoms with Gasteiger partial charge in [-0.3, -0.25) is 0 Å². The number of fused-ring (bicyclic) bond motifs is 1. The Kier molecular flexibility index (Phi) is 9.46. The van der Waals surface area contributed by atoms with E-state index < -0.39 is 0 Å². The summed E-state index contributed by atoms with van der Waals surface area (Å²) in [4.78, 5) is 15.3. The van der Waals surface area contributed by atoms with E-state index in [-0.39, 0.29) is 0 Å². The van der Waals surface area contributed by atoms with Crippen molar-refractivity contribution < 1.29 is 0 Å². The first-order valence-electron chi connectivity index (χ1n) is 17.8. The summed E-state index contributed by atoms with van der Waals surface area (Å²) in [7, 11) is 0. The van der Waals surface area contributed by atoms with Gasteiger partial charge < -0.3 is 0 Å². The predicted octanol–water partition coefficient (Wildman–Crippen LogP) is 13.2. The second kappa shape index (κ2) is 15.1. The van der Waals surface area contributed by atoms with Gasteiger partial charge in [0.25, 0.3) is 0 Å². The maximum atomic E-state index is 5.17. The molecule has 0 bridgehead atoms. The summed E-state index contributed by atoms with van der Waals surface area (Å²) in [6, 6.07) is 59.7. The molecule has 0 saturated heterocycles. The van der Waals surface area contributed by atoms with Crippen molar-refractivity contribution in [1.82, 2.24) is 15.0 Å². The molecule has 0 unspecified atom stereocenters. The van der Waals surface area contributed by atoms with Gasteiger partial charge >= 0.3 is 0 Å². The maximum absolute atomic E-state index is 5.17. The Balaban J connectivity index is 1.25. The lowest BCUT2D eigenvalue weighted by molar-refractivity contribution is 1.03. The van der Waals surface area contributed by atoms with E-state index in [0.717, 1.165) is 50.1 Å². The van der Waals surface area contributed by atoms with Crippen molar-refractivity contribution in [3.8, 4) is 67.3 Å². The van der Waals surface area contributed by atoms with E-state index in [1.54, 1.807) is 6.08 Å². The van der Waals surface area contributed by atoms with Crippen LogP contribution in [0.3, 0.4) is 0 Å². The monoisotopic (exact) mass is 679 g/mol. The van der Waals surface area contributed by atoms with Gasteiger partial charge in [0.2, 0.25) is 0 Å². The van der Waals surface area contributed by atoms with Crippen molar-refractivity contribution in [2.24, 2.45) is 0 Å². The zero-order chi connectivity index (χ0) is 36.0. The van der Waals surface area contributed by atoms with E-state index in [1.807, 2.05) is 37.3 Å². The molecule has 7 aromatic carbocycles. The Hall–Kier alpha value is -6.97. The van der Waals surface area contributed by atoms with E-state index >= 15 is 0 Å². The lowest BCUT2D eigenvalue weighted by atomic mass is 9.94. The van der Waals surface area contributed by atoms with Gasteiger partial charge in [0.05, 0.1) is 0 Å². The number of hydrogen-bond donors (Lipinski definition) is 0. The highest BCUT2D eigenvalue weighted by Gasteiger charge is 2.15. The fourth-order valence-electron chi connectivity index (χ4n) is 6.69. The SMILES string of the molecule is C=C/C=C\C=C(/C)c1nc(-c2cccc(-c3ccc4c(-c5ccccc5)cccc4c3)c2)nc(-c2cc(-c3ccccc3)cc(-c3ccccc3)c2)n1. The molecule has 0 radical (unpaired) electrons. The van der Waals surface area contributed by atoms with Gasteiger partial charge in [-0.05, 0) is 98.1 Å². The molecule has 0 amide bonds. The maximum Gasteiger partial charge on any atom is 0.164 e. The van der Waals surface area contributed by atoms with Crippen molar-refractivity contribution in [1.29, 1.82) is 0 Å². The molecule has 0 aliphatic heterocycles. The van der Waals surface area contributed by atoms with Gasteiger partial charge in [0, 0.05) is 11.1 Å². The van der Waals surface area contributed by atoms with Crippen molar-refractivity contribution >= 4 is 16.3 Å². The van der Waals surface area contributed by atoms with Crippen LogP contribution in [0.25, 0.3) is 83.6 Å². The van der Waals surface area contributed by atoms with E-state index in [0.29, 0.717) is 17.5 Å². The van der Waals surface area contributed by atoms with E-state index in [9.17, 15) is 0 Å². The summed E-state index contributed by atoms with van der Waals surface area (Å²) in [5.74, 6) is 1.85. The van der Waals surface area contributed by atoms with Gasteiger partial charge in [-0.15, -0.1) is 0 Å². The number of aromatic nitrogens is 3. The van der Waals surface area contributed by atoms with Crippen LogP contribution in [0.4, 0.5) is 0 Å². The molecule has 3 heteroatoms. The van der Waals surface area contributed by atoms with Crippen molar-refractivity contribution in [2.75, 3.05) is 0 Å². The second-order valence-corrected chi connectivity index (χ2v) is 13.0. The standard InChI is InChI=1S/C50H37N3/c1-3-4-8-17-35(2)48-51-49(53-50(52-48)45-33-43(36-18-9-5-10-19-36)32-44(34-45)37-20-11-6-12-21-37)42-26-15-24-39(31-42)40-28-29-47-41(30-40)25-16-27-46(47)38-22-13-7-14-23-38/h3-34H,1H2,2H3/b8-4-,35-17+. The summed E-state index contributed by atoms with van der Waals surface area (Å²) >= 11 is 0. The van der Waals surface area contributed by atoms with Crippen LogP contribution in [0.15, 0.2) is 201 Å². The van der Waals surface area contributed by atoms with Gasteiger partial charge in [-0.1, -0.05) is 170 Å². The molecule has 53 heavy (non-hydrogen) atoms. The summed E-state index contributed by atoms with van der Waals surface area (Å²) < 4.78 is 0. The third kappa shape index (κ3) is 7.28. The average molecular weight is 680 g/mol. The molecule has 0 aliphatic carbocycles. The first-order chi connectivity index (χ1) is 26.1. The van der Waals surface area contributed by atoms with Crippen LogP contribution in [-0.4, -0.2) is 15.0 Å². The quantitative estimate of drug-likeness (QED) is 0.143. The Bertz CT molecular complexity index is 2560. The van der Waals surface area contributed by atoms with Crippen LogP contribution in [-0.2, 0) is 0 Å². The van der Waals surface area contributed by atoms with Crippen LogP contribution < -0.4 is 0 Å². The average Bonchev–Trinajstić information content (AvgIpc) is 3.24. The fraction of sp³-hybridized carbons (Fsp3) is 0.0200. The molecule has 252 valence electrons. The summed E-state index contributed by atoms with van der Waals surface area (Å²) in [6.45, 7) is 5.84. The minimum Gasteiger partial charge on any atom is -0.209 e. The van der Waals surface area contributed by atoms with Crippen LogP contribution >= 0.6 is 0 Å². The molecule has 0 N–H and O–H groups in total. The van der Waals surface area contributed by atoms with Gasteiger partial charge in [-0.25, -0.2) is 15.0 Å². The predicted molar refractivity (Wildman–Crippen MR) is 223 cm³/mol. The number of allylic oxidation sites excluding steroid dienone is 5. The smallest absolute Gasteiger partial charge is 0.164 e. The van der Waals surface area contributed by atoms with Crippen molar-refractivity contribution in [3.63, 3.8) is 0 Å². The molecule has 0 fully saturated rings. The first-order valence-corrected chi connectivity index (χ1v) is 17.8. The third-order valence-electron chi connectivity index (χ3n) is 9.41. The molecule has 3 nitrogen and oxygen atoms in total. The molecule has 1 aromatic heterocycles. The number of hydrogen-bond acceptors (Lipinski definition) is 3. The second-order valence-electron chi connectivity index (χ2n) is 13.0. The largest absolute Gasteiger partial charge is 0.209 e. The number of benzene rings is 7. The normalized spacial score (nSPS) is 11.6. The molecular weight excluding hydrogens is 643 g/mol. The first kappa shape index (κ1) is 33.2. The topological polar surface area (TPSA) is 38.7 Å². The molecule has 0 spiro atoms.